The van der Waals surface area contributed by atoms with E-state index in [9.17, 15) is 10.1 Å². The number of hydrogen-bond acceptors (Lipinski definition) is 4. The van der Waals surface area contributed by atoms with Crippen LogP contribution in [0.15, 0.2) is 66.2 Å². The lowest BCUT2D eigenvalue weighted by Gasteiger charge is -2.13. The fraction of sp³-hybridized carbons (Fsp3) is 0.0833. The molecule has 0 saturated heterocycles. The zero-order valence-electron chi connectivity index (χ0n) is 16.9. The van der Waals surface area contributed by atoms with Crippen molar-refractivity contribution in [2.24, 2.45) is 0 Å². The minimum atomic E-state index is -0.553. The van der Waals surface area contributed by atoms with E-state index in [-0.39, 0.29) is 12.2 Å². The van der Waals surface area contributed by atoms with E-state index in [1.54, 1.807) is 60.7 Å². The Morgan fingerprint density at radius 3 is 2.41 bits per heavy atom. The van der Waals surface area contributed by atoms with Crippen LogP contribution in [-0.2, 0) is 11.4 Å². The number of rotatable bonds is 7. The topological polar surface area (TPSA) is 71.3 Å². The Morgan fingerprint density at radius 2 is 1.75 bits per heavy atom. The largest absolute Gasteiger partial charge is 0.493 e. The SMILES string of the molecule is COc1cc(/C=C(\C#N)C(=O)Nc2cccc(Cl)c2)ccc1OCc1c(Cl)cccc1Cl. The van der Waals surface area contributed by atoms with Crippen molar-refractivity contribution in [2.75, 3.05) is 12.4 Å². The number of anilines is 1. The molecule has 0 unspecified atom stereocenters. The van der Waals surface area contributed by atoms with Crippen molar-refractivity contribution in [3.8, 4) is 17.6 Å². The maximum absolute atomic E-state index is 12.5. The third-order valence-corrected chi connectivity index (χ3v) is 5.32. The maximum atomic E-state index is 12.5. The molecule has 0 heterocycles. The lowest BCUT2D eigenvalue weighted by atomic mass is 10.1. The molecule has 3 rings (SSSR count). The van der Waals surface area contributed by atoms with Crippen molar-refractivity contribution in [2.45, 2.75) is 6.61 Å². The highest BCUT2D eigenvalue weighted by molar-refractivity contribution is 6.36. The third-order valence-electron chi connectivity index (χ3n) is 4.38. The van der Waals surface area contributed by atoms with Gasteiger partial charge in [0, 0.05) is 26.3 Å². The molecule has 1 amide bonds. The van der Waals surface area contributed by atoms with Gasteiger partial charge in [-0.2, -0.15) is 5.26 Å². The van der Waals surface area contributed by atoms with Crippen LogP contribution in [0.3, 0.4) is 0 Å². The number of ether oxygens (including phenoxy) is 2. The fourth-order valence-corrected chi connectivity index (χ4v) is 3.49. The van der Waals surface area contributed by atoms with Crippen LogP contribution >= 0.6 is 34.8 Å². The second kappa shape index (κ2) is 10.9. The summed E-state index contributed by atoms with van der Waals surface area (Å²) in [6, 6.07) is 18.8. The summed E-state index contributed by atoms with van der Waals surface area (Å²) in [5, 5.41) is 13.6. The van der Waals surface area contributed by atoms with Crippen LogP contribution in [0.5, 0.6) is 11.5 Å². The van der Waals surface area contributed by atoms with Crippen LogP contribution in [0.25, 0.3) is 6.08 Å². The lowest BCUT2D eigenvalue weighted by Crippen LogP contribution is -2.13. The van der Waals surface area contributed by atoms with Crippen molar-refractivity contribution in [3.05, 3.63) is 92.4 Å². The molecule has 162 valence electrons. The van der Waals surface area contributed by atoms with Crippen molar-refractivity contribution < 1.29 is 14.3 Å². The summed E-state index contributed by atoms with van der Waals surface area (Å²) in [6.45, 7) is 0.148. The van der Waals surface area contributed by atoms with Crippen LogP contribution in [0.1, 0.15) is 11.1 Å². The molecule has 0 spiro atoms. The number of carbonyl (C=O) groups excluding carboxylic acids is 1. The number of methoxy groups -OCH3 is 1. The van der Waals surface area contributed by atoms with Gasteiger partial charge in [0.25, 0.3) is 5.91 Å². The molecule has 0 aliphatic rings. The van der Waals surface area contributed by atoms with Gasteiger partial charge in [0.1, 0.15) is 18.2 Å². The van der Waals surface area contributed by atoms with Crippen LogP contribution in [0, 0.1) is 11.3 Å². The van der Waals surface area contributed by atoms with E-state index < -0.39 is 5.91 Å². The van der Waals surface area contributed by atoms with Crippen molar-refractivity contribution in [3.63, 3.8) is 0 Å². The Balaban J connectivity index is 1.78. The van der Waals surface area contributed by atoms with E-state index >= 15 is 0 Å². The van der Waals surface area contributed by atoms with Gasteiger partial charge < -0.3 is 14.8 Å². The van der Waals surface area contributed by atoms with Gasteiger partial charge in [0.05, 0.1) is 7.11 Å². The average molecular weight is 488 g/mol. The van der Waals surface area contributed by atoms with E-state index in [0.29, 0.717) is 43.4 Å². The molecule has 0 aromatic heterocycles. The van der Waals surface area contributed by atoms with Gasteiger partial charge in [0.15, 0.2) is 11.5 Å². The molecule has 1 N–H and O–H groups in total. The van der Waals surface area contributed by atoms with E-state index in [4.69, 9.17) is 44.3 Å². The summed E-state index contributed by atoms with van der Waals surface area (Å²) in [4.78, 5) is 12.5. The summed E-state index contributed by atoms with van der Waals surface area (Å²) in [6.07, 6.45) is 1.46. The highest BCUT2D eigenvalue weighted by Gasteiger charge is 2.13. The molecule has 3 aromatic rings. The van der Waals surface area contributed by atoms with Crippen LogP contribution in [0.4, 0.5) is 5.69 Å². The van der Waals surface area contributed by atoms with Gasteiger partial charge >= 0.3 is 0 Å². The van der Waals surface area contributed by atoms with Gasteiger partial charge in [-0.25, -0.2) is 0 Å². The quantitative estimate of drug-likeness (QED) is 0.294. The second-order valence-electron chi connectivity index (χ2n) is 6.53. The minimum Gasteiger partial charge on any atom is -0.493 e. The van der Waals surface area contributed by atoms with Crippen LogP contribution < -0.4 is 14.8 Å². The maximum Gasteiger partial charge on any atom is 0.266 e. The first-order valence-corrected chi connectivity index (χ1v) is 10.5. The average Bonchev–Trinajstić information content (AvgIpc) is 2.77. The van der Waals surface area contributed by atoms with Crippen molar-refractivity contribution >= 4 is 52.5 Å². The molecule has 0 aliphatic heterocycles. The predicted molar refractivity (Wildman–Crippen MR) is 127 cm³/mol. The normalized spacial score (nSPS) is 10.9. The standard InChI is InChI=1S/C24H17Cl3N2O3/c1-31-23-11-15(8-9-22(23)32-14-19-20(26)6-3-7-21(19)27)10-16(13-28)24(30)29-18-5-2-4-17(25)12-18/h2-12H,14H2,1H3,(H,29,30)/b16-10+. The molecule has 5 nitrogen and oxygen atoms in total. The first-order valence-electron chi connectivity index (χ1n) is 9.33. The van der Waals surface area contributed by atoms with E-state index in [1.165, 1.54) is 13.2 Å². The highest BCUT2D eigenvalue weighted by Crippen LogP contribution is 2.32. The number of hydrogen-bond donors (Lipinski definition) is 1. The number of nitrogens with one attached hydrogen (secondary N) is 1. The number of nitrogens with zero attached hydrogens (tertiary/aromatic N) is 1. The number of nitriles is 1. The lowest BCUT2D eigenvalue weighted by molar-refractivity contribution is -0.112. The summed E-state index contributed by atoms with van der Waals surface area (Å²) in [7, 11) is 1.50. The Morgan fingerprint density at radius 1 is 1.03 bits per heavy atom. The van der Waals surface area contributed by atoms with Gasteiger partial charge in [-0.1, -0.05) is 53.0 Å². The molecular formula is C24H17Cl3N2O3. The summed E-state index contributed by atoms with van der Waals surface area (Å²) in [5.74, 6) is 0.333. The Kier molecular flexibility index (Phi) is 8.02. The van der Waals surface area contributed by atoms with E-state index in [1.807, 2.05) is 6.07 Å². The molecule has 0 aliphatic carbocycles. The molecule has 32 heavy (non-hydrogen) atoms. The summed E-state index contributed by atoms with van der Waals surface area (Å²) < 4.78 is 11.2. The first-order chi connectivity index (χ1) is 15.4. The molecule has 0 bridgehead atoms. The fourth-order valence-electron chi connectivity index (χ4n) is 2.79. The van der Waals surface area contributed by atoms with E-state index in [0.717, 1.165) is 0 Å². The molecule has 0 fully saturated rings. The molecule has 3 aromatic carbocycles. The number of halogens is 3. The molecular weight excluding hydrogens is 471 g/mol. The first kappa shape index (κ1) is 23.5. The van der Waals surface area contributed by atoms with Crippen LogP contribution in [-0.4, -0.2) is 13.0 Å². The Labute approximate surface area is 200 Å². The number of amides is 1. The highest BCUT2D eigenvalue weighted by atomic mass is 35.5. The summed E-state index contributed by atoms with van der Waals surface area (Å²) in [5.41, 5.74) is 1.65. The van der Waals surface area contributed by atoms with Gasteiger partial charge in [0.2, 0.25) is 0 Å². The molecule has 0 radical (unpaired) electrons. The zero-order valence-corrected chi connectivity index (χ0v) is 19.1. The molecule has 0 saturated carbocycles. The van der Waals surface area contributed by atoms with Gasteiger partial charge in [-0.05, 0) is 54.1 Å². The van der Waals surface area contributed by atoms with Crippen LogP contribution in [0.2, 0.25) is 15.1 Å². The Hall–Kier alpha value is -3.17. The smallest absolute Gasteiger partial charge is 0.266 e. The summed E-state index contributed by atoms with van der Waals surface area (Å²) >= 11 is 18.3. The molecule has 0 atom stereocenters. The minimum absolute atomic E-state index is 0.0800. The number of carbonyl (C=O) groups is 1. The number of benzene rings is 3. The van der Waals surface area contributed by atoms with Gasteiger partial charge in [-0.3, -0.25) is 4.79 Å². The van der Waals surface area contributed by atoms with Crippen molar-refractivity contribution in [1.82, 2.24) is 0 Å². The monoisotopic (exact) mass is 486 g/mol. The molecule has 8 heteroatoms. The second-order valence-corrected chi connectivity index (χ2v) is 7.78. The van der Waals surface area contributed by atoms with E-state index in [2.05, 4.69) is 5.32 Å². The zero-order chi connectivity index (χ0) is 23.1. The van der Waals surface area contributed by atoms with Gasteiger partial charge in [-0.15, -0.1) is 0 Å². The predicted octanol–water partition coefficient (Wildman–Crippen LogP) is 6.78. The van der Waals surface area contributed by atoms with Crippen molar-refractivity contribution in [1.29, 1.82) is 5.26 Å². The third kappa shape index (κ3) is 5.95. The Bertz CT molecular complexity index is 1200.